The number of hydrogen-bond donors (Lipinski definition) is 2. The number of fused-ring (bicyclic) bond motifs is 1. The number of aromatic nitrogens is 4. The van der Waals surface area contributed by atoms with Crippen LogP contribution in [0.15, 0.2) is 24.5 Å². The molecule has 11 heteroatoms. The number of nitrogens with zero attached hydrogens (tertiary/aromatic N) is 5. The second-order valence-electron chi connectivity index (χ2n) is 7.36. The molecule has 4 heterocycles. The average molecular weight is 449 g/mol. The zero-order valence-corrected chi connectivity index (χ0v) is 17.6. The second kappa shape index (κ2) is 8.64. The van der Waals surface area contributed by atoms with E-state index >= 15 is 0 Å². The largest absolute Gasteiger partial charge is 0.481 e. The fourth-order valence-corrected chi connectivity index (χ4v) is 4.12. The van der Waals surface area contributed by atoms with E-state index < -0.39 is 17.8 Å². The number of carbonyl (C=O) groups is 1. The molecule has 1 saturated heterocycles. The van der Waals surface area contributed by atoms with E-state index in [1.54, 1.807) is 12.3 Å². The Bertz CT molecular complexity index is 1120. The number of alkyl halides is 1. The van der Waals surface area contributed by atoms with Gasteiger partial charge in [-0.25, -0.2) is 18.9 Å². The number of aliphatic hydroxyl groups excluding tert-OH is 1. The first kappa shape index (κ1) is 21.3. The van der Waals surface area contributed by atoms with E-state index in [9.17, 15) is 14.3 Å². The van der Waals surface area contributed by atoms with Gasteiger partial charge in [-0.15, -0.1) is 11.6 Å². The van der Waals surface area contributed by atoms with Gasteiger partial charge in [-0.2, -0.15) is 5.10 Å². The molecule has 4 rings (SSSR count). The number of halogens is 2. The van der Waals surface area contributed by atoms with Crippen LogP contribution in [0.2, 0.25) is 0 Å². The molecule has 0 aromatic carbocycles. The molecule has 3 aromatic heterocycles. The molecular formula is C20H22ClFN6O3. The molecule has 31 heavy (non-hydrogen) atoms. The third-order valence-corrected chi connectivity index (χ3v) is 5.70. The van der Waals surface area contributed by atoms with Gasteiger partial charge in [-0.05, 0) is 25.0 Å². The van der Waals surface area contributed by atoms with Gasteiger partial charge in [0.2, 0.25) is 5.88 Å². The summed E-state index contributed by atoms with van der Waals surface area (Å²) >= 11 is 5.69. The predicted molar refractivity (Wildman–Crippen MR) is 112 cm³/mol. The predicted octanol–water partition coefficient (Wildman–Crippen LogP) is 1.85. The van der Waals surface area contributed by atoms with Gasteiger partial charge >= 0.3 is 0 Å². The van der Waals surface area contributed by atoms with Crippen molar-refractivity contribution in [1.82, 2.24) is 19.6 Å². The van der Waals surface area contributed by atoms with E-state index in [1.807, 2.05) is 4.90 Å². The van der Waals surface area contributed by atoms with Crippen molar-refractivity contribution in [3.8, 4) is 5.88 Å². The minimum Gasteiger partial charge on any atom is -0.481 e. The summed E-state index contributed by atoms with van der Waals surface area (Å²) in [7, 11) is 1.50. The molecule has 0 saturated carbocycles. The van der Waals surface area contributed by atoms with E-state index in [0.717, 1.165) is 19.0 Å². The van der Waals surface area contributed by atoms with Crippen molar-refractivity contribution in [2.45, 2.75) is 31.4 Å². The number of aliphatic hydroxyl groups is 1. The van der Waals surface area contributed by atoms with Crippen molar-refractivity contribution < 1.29 is 19.0 Å². The molecule has 0 radical (unpaired) electrons. The molecule has 1 aliphatic heterocycles. The van der Waals surface area contributed by atoms with Crippen LogP contribution in [0.1, 0.15) is 40.5 Å². The van der Waals surface area contributed by atoms with E-state index in [1.165, 1.54) is 17.7 Å². The van der Waals surface area contributed by atoms with Gasteiger partial charge in [0.15, 0.2) is 5.65 Å². The molecule has 1 amide bonds. The number of rotatable bonds is 7. The summed E-state index contributed by atoms with van der Waals surface area (Å²) in [4.78, 5) is 22.8. The fourth-order valence-electron chi connectivity index (χ4n) is 4.01. The first-order valence-electron chi connectivity index (χ1n) is 9.81. The Kier molecular flexibility index (Phi) is 5.92. The highest BCUT2D eigenvalue weighted by Gasteiger charge is 2.31. The van der Waals surface area contributed by atoms with Gasteiger partial charge in [-0.1, -0.05) is 0 Å². The number of hydrogen-bond acceptors (Lipinski definition) is 7. The lowest BCUT2D eigenvalue weighted by Crippen LogP contribution is -2.24. The summed E-state index contributed by atoms with van der Waals surface area (Å²) in [5.41, 5.74) is 6.99. The third-order valence-electron chi connectivity index (χ3n) is 5.34. The fraction of sp³-hybridized carbons (Fsp3) is 0.400. The molecule has 0 spiro atoms. The van der Waals surface area contributed by atoms with Gasteiger partial charge in [0.1, 0.15) is 17.2 Å². The van der Waals surface area contributed by atoms with Crippen LogP contribution in [0.4, 0.5) is 10.2 Å². The molecule has 1 aliphatic rings. The number of anilines is 1. The maximum Gasteiger partial charge on any atom is 0.254 e. The third kappa shape index (κ3) is 4.00. The quantitative estimate of drug-likeness (QED) is 0.529. The Morgan fingerprint density at radius 3 is 3.03 bits per heavy atom. The number of primary amides is 1. The SMILES string of the molecule is COc1ncc(F)cc1[C@H]1CCCN1c1ccn2nc(C[C@H](O)CCl)c(C(N)=O)c2n1. The minimum atomic E-state index is -0.861. The summed E-state index contributed by atoms with van der Waals surface area (Å²) < 4.78 is 20.7. The maximum atomic E-state index is 13.9. The average Bonchev–Trinajstić information content (AvgIpc) is 3.37. The standard InChI is InChI=1S/C20H22ClFN6O3/c1-31-20-13(7-11(22)10-24-20)15-3-2-5-27(15)16-4-6-28-19(25-16)17(18(23)30)14(26-28)8-12(29)9-21/h4,6-7,10,12,15,29H,2-3,5,8-9H2,1H3,(H2,23,30)/t12-,15+/m0/s1. The van der Waals surface area contributed by atoms with E-state index in [0.29, 0.717) is 29.5 Å². The van der Waals surface area contributed by atoms with Gasteiger partial charge in [0.05, 0.1) is 31.1 Å². The van der Waals surface area contributed by atoms with Crippen LogP contribution >= 0.6 is 11.6 Å². The van der Waals surface area contributed by atoms with Gasteiger partial charge < -0.3 is 20.5 Å². The van der Waals surface area contributed by atoms with E-state index in [-0.39, 0.29) is 29.6 Å². The van der Waals surface area contributed by atoms with Crippen molar-refractivity contribution in [2.75, 3.05) is 24.4 Å². The molecule has 9 nitrogen and oxygen atoms in total. The van der Waals surface area contributed by atoms with Crippen molar-refractivity contribution >= 4 is 29.0 Å². The molecule has 2 atom stereocenters. The number of pyridine rings is 1. The normalized spacial score (nSPS) is 17.3. The Morgan fingerprint density at radius 2 is 2.32 bits per heavy atom. The van der Waals surface area contributed by atoms with Gasteiger partial charge in [0.25, 0.3) is 5.91 Å². The number of nitrogens with two attached hydrogens (primary N) is 1. The maximum absolute atomic E-state index is 13.9. The van der Waals surface area contributed by atoms with Crippen LogP contribution in [0, 0.1) is 5.82 Å². The van der Waals surface area contributed by atoms with Gasteiger partial charge in [0, 0.05) is 30.6 Å². The Labute approximate surface area is 182 Å². The van der Waals surface area contributed by atoms with Crippen molar-refractivity contribution in [1.29, 1.82) is 0 Å². The zero-order valence-electron chi connectivity index (χ0n) is 16.8. The zero-order chi connectivity index (χ0) is 22.1. The van der Waals surface area contributed by atoms with Crippen LogP contribution in [0.5, 0.6) is 5.88 Å². The number of carbonyl (C=O) groups excluding carboxylic acids is 1. The van der Waals surface area contributed by atoms with Crippen LogP contribution in [0.25, 0.3) is 5.65 Å². The summed E-state index contributed by atoms with van der Waals surface area (Å²) in [6.07, 6.45) is 3.65. The van der Waals surface area contributed by atoms with Crippen LogP contribution in [0.3, 0.4) is 0 Å². The Balaban J connectivity index is 1.76. The summed E-state index contributed by atoms with van der Waals surface area (Å²) in [5.74, 6) is -0.179. The summed E-state index contributed by atoms with van der Waals surface area (Å²) in [6.45, 7) is 0.686. The molecule has 0 aliphatic carbocycles. The topological polar surface area (TPSA) is 119 Å². The summed E-state index contributed by atoms with van der Waals surface area (Å²) in [6, 6.07) is 3.00. The lowest BCUT2D eigenvalue weighted by atomic mass is 10.1. The molecule has 3 N–H and O–H groups in total. The molecular weight excluding hydrogens is 427 g/mol. The highest BCUT2D eigenvalue weighted by molar-refractivity contribution is 6.18. The number of amides is 1. The molecule has 164 valence electrons. The Hall–Kier alpha value is -2.98. The van der Waals surface area contributed by atoms with Crippen molar-refractivity contribution in [3.63, 3.8) is 0 Å². The van der Waals surface area contributed by atoms with E-state index in [4.69, 9.17) is 22.1 Å². The van der Waals surface area contributed by atoms with Crippen LogP contribution in [-0.2, 0) is 6.42 Å². The molecule has 3 aromatic rings. The van der Waals surface area contributed by atoms with Crippen LogP contribution in [-0.4, -0.2) is 56.2 Å². The lowest BCUT2D eigenvalue weighted by molar-refractivity contribution is 0.1000. The first-order chi connectivity index (χ1) is 14.9. The number of methoxy groups -OCH3 is 1. The van der Waals surface area contributed by atoms with Crippen molar-refractivity contribution in [3.05, 3.63) is 47.2 Å². The molecule has 0 unspecified atom stereocenters. The molecule has 0 bridgehead atoms. The number of ether oxygens (including phenoxy) is 1. The monoisotopic (exact) mass is 448 g/mol. The summed E-state index contributed by atoms with van der Waals surface area (Å²) in [5, 5.41) is 14.2. The van der Waals surface area contributed by atoms with Crippen molar-refractivity contribution in [2.24, 2.45) is 5.73 Å². The minimum absolute atomic E-state index is 0.00368. The Morgan fingerprint density at radius 1 is 1.52 bits per heavy atom. The highest BCUT2D eigenvalue weighted by Crippen LogP contribution is 2.39. The van der Waals surface area contributed by atoms with Crippen LogP contribution < -0.4 is 15.4 Å². The van der Waals surface area contributed by atoms with E-state index in [2.05, 4.69) is 15.1 Å². The molecule has 1 fully saturated rings. The van der Waals surface area contributed by atoms with Gasteiger partial charge in [-0.3, -0.25) is 4.79 Å². The first-order valence-corrected chi connectivity index (χ1v) is 10.3. The highest BCUT2D eigenvalue weighted by atomic mass is 35.5. The smallest absolute Gasteiger partial charge is 0.254 e. The lowest BCUT2D eigenvalue weighted by Gasteiger charge is -2.26. The second-order valence-corrected chi connectivity index (χ2v) is 7.66.